The average molecular weight is 629 g/mol. The van der Waals surface area contributed by atoms with Crippen molar-refractivity contribution in [2.24, 2.45) is 5.92 Å². The molecule has 1 fully saturated rings. The molecule has 1 aliphatic rings. The van der Waals surface area contributed by atoms with Gasteiger partial charge in [-0.15, -0.1) is 0 Å². The molecule has 0 spiro atoms. The van der Waals surface area contributed by atoms with Crippen LogP contribution in [0.2, 0.25) is 0 Å². The molecule has 1 unspecified atom stereocenters. The Kier molecular flexibility index (Phi) is 10.0. The minimum Gasteiger partial charge on any atom is -0.508 e. The van der Waals surface area contributed by atoms with E-state index < -0.39 is 22.0 Å². The summed E-state index contributed by atoms with van der Waals surface area (Å²) in [5.41, 5.74) is 1.33. The van der Waals surface area contributed by atoms with E-state index in [1.165, 1.54) is 48.5 Å². The lowest BCUT2D eigenvalue weighted by Gasteiger charge is -2.25. The summed E-state index contributed by atoms with van der Waals surface area (Å²) >= 11 is 0. The van der Waals surface area contributed by atoms with Crippen molar-refractivity contribution in [3.05, 3.63) is 114 Å². The number of phenolic OH excluding ortho intramolecular Hbond substituents is 2. The number of aromatic hydroxyl groups is 2. The first-order chi connectivity index (χ1) is 21.7. The lowest BCUT2D eigenvalue weighted by Crippen LogP contribution is -2.49. The van der Waals surface area contributed by atoms with E-state index >= 15 is 0 Å². The molecule has 10 nitrogen and oxygen atoms in total. The fraction of sp³-hybridized carbons (Fsp3) is 0.235. The zero-order valence-electron chi connectivity index (χ0n) is 24.6. The van der Waals surface area contributed by atoms with E-state index in [1.54, 1.807) is 54.6 Å². The molecule has 1 saturated heterocycles. The lowest BCUT2D eigenvalue weighted by molar-refractivity contribution is -0.123. The highest BCUT2D eigenvalue weighted by atomic mass is 32.2. The topological polar surface area (TPSA) is 148 Å². The second-order valence-electron chi connectivity index (χ2n) is 11.0. The molecule has 0 radical (unpaired) electrons. The van der Waals surface area contributed by atoms with Crippen molar-refractivity contribution < 1.29 is 28.2 Å². The Balaban J connectivity index is 1.35. The minimum atomic E-state index is -4.22. The van der Waals surface area contributed by atoms with E-state index in [0.717, 1.165) is 35.8 Å². The maximum atomic E-state index is 13.9. The Labute approximate surface area is 262 Å². The van der Waals surface area contributed by atoms with Crippen LogP contribution in [0.3, 0.4) is 0 Å². The molecular weight excluding hydrogens is 592 g/mol. The van der Waals surface area contributed by atoms with Gasteiger partial charge >= 0.3 is 0 Å². The summed E-state index contributed by atoms with van der Waals surface area (Å²) in [6.45, 7) is 2.30. The van der Waals surface area contributed by atoms with Crippen molar-refractivity contribution in [3.63, 3.8) is 0 Å². The summed E-state index contributed by atoms with van der Waals surface area (Å²) in [5.74, 6) is -0.629. The summed E-state index contributed by atoms with van der Waals surface area (Å²) in [6, 6.07) is 25.5. The van der Waals surface area contributed by atoms with Crippen LogP contribution in [-0.2, 0) is 21.2 Å². The van der Waals surface area contributed by atoms with Gasteiger partial charge in [0.05, 0.1) is 16.3 Å². The van der Waals surface area contributed by atoms with Gasteiger partial charge in [-0.1, -0.05) is 42.5 Å². The van der Waals surface area contributed by atoms with Crippen LogP contribution in [-0.4, -0.2) is 56.1 Å². The van der Waals surface area contributed by atoms with Crippen molar-refractivity contribution in [1.82, 2.24) is 16.0 Å². The maximum absolute atomic E-state index is 13.9. The van der Waals surface area contributed by atoms with E-state index in [2.05, 4.69) is 16.0 Å². The van der Waals surface area contributed by atoms with Crippen molar-refractivity contribution in [2.75, 3.05) is 23.9 Å². The molecule has 1 aliphatic heterocycles. The zero-order chi connectivity index (χ0) is 31.8. The van der Waals surface area contributed by atoms with Crippen LogP contribution in [0, 0.1) is 5.92 Å². The molecule has 0 aromatic heterocycles. The zero-order valence-corrected chi connectivity index (χ0v) is 25.4. The first kappa shape index (κ1) is 31.6. The molecule has 4 aromatic rings. The Morgan fingerprint density at radius 1 is 0.844 bits per heavy atom. The number of rotatable bonds is 11. The molecule has 234 valence electrons. The molecule has 11 heteroatoms. The molecule has 1 heterocycles. The SMILES string of the molecule is O=C(NC(Cc1ccc(O)cc1)C(=O)NCC1CCNCC1)c1ccc(S(=O)(=O)N(c2ccccc2)c2ccccc2O)cc1. The summed E-state index contributed by atoms with van der Waals surface area (Å²) < 4.78 is 28.9. The molecule has 5 N–H and O–H groups in total. The standard InChI is InChI=1S/C34H36N4O6S/c39-28-14-10-24(11-15-28)22-30(34(42)36-23-25-18-20-35-21-19-25)37-33(41)26-12-16-29(17-13-26)45(43,44)38(27-6-2-1-3-7-27)31-8-4-5-9-32(31)40/h1-17,25,30,35,39-40H,18-23H2,(H,36,42)(H,37,41). The molecular formula is C34H36N4O6S. The van der Waals surface area contributed by atoms with Crippen LogP contribution in [0.25, 0.3) is 0 Å². The van der Waals surface area contributed by atoms with Crippen molar-refractivity contribution in [1.29, 1.82) is 0 Å². The Morgan fingerprint density at radius 2 is 1.49 bits per heavy atom. The number of carbonyl (C=O) groups is 2. The molecule has 0 aliphatic carbocycles. The second kappa shape index (κ2) is 14.3. The second-order valence-corrected chi connectivity index (χ2v) is 12.7. The first-order valence-electron chi connectivity index (χ1n) is 14.8. The monoisotopic (exact) mass is 628 g/mol. The fourth-order valence-corrected chi connectivity index (χ4v) is 6.77. The summed E-state index contributed by atoms with van der Waals surface area (Å²) in [5, 5.41) is 29.3. The van der Waals surface area contributed by atoms with Gasteiger partial charge in [0.2, 0.25) is 5.91 Å². The number of nitrogens with one attached hydrogen (secondary N) is 3. The molecule has 5 rings (SSSR count). The van der Waals surface area contributed by atoms with E-state index in [-0.39, 0.29) is 40.0 Å². The van der Waals surface area contributed by atoms with E-state index in [1.807, 2.05) is 0 Å². The number of hydrogen-bond donors (Lipinski definition) is 5. The van der Waals surface area contributed by atoms with Gasteiger partial charge in [-0.2, -0.15) is 0 Å². The molecule has 45 heavy (non-hydrogen) atoms. The normalized spacial score (nSPS) is 14.3. The van der Waals surface area contributed by atoms with Gasteiger partial charge in [-0.25, -0.2) is 12.7 Å². The molecule has 0 bridgehead atoms. The van der Waals surface area contributed by atoms with Gasteiger partial charge < -0.3 is 26.2 Å². The molecule has 1 atom stereocenters. The maximum Gasteiger partial charge on any atom is 0.268 e. The van der Waals surface area contributed by atoms with Crippen LogP contribution in [0.5, 0.6) is 11.5 Å². The molecule has 0 saturated carbocycles. The lowest BCUT2D eigenvalue weighted by atomic mass is 9.98. The van der Waals surface area contributed by atoms with Gasteiger partial charge in [0.1, 0.15) is 17.5 Å². The predicted molar refractivity (Wildman–Crippen MR) is 172 cm³/mol. The van der Waals surface area contributed by atoms with Crippen molar-refractivity contribution in [2.45, 2.75) is 30.2 Å². The smallest absolute Gasteiger partial charge is 0.268 e. The highest BCUT2D eigenvalue weighted by molar-refractivity contribution is 7.93. The van der Waals surface area contributed by atoms with E-state index in [9.17, 15) is 28.2 Å². The summed E-state index contributed by atoms with van der Waals surface area (Å²) in [6.07, 6.45) is 2.11. The highest BCUT2D eigenvalue weighted by Crippen LogP contribution is 2.37. The number of anilines is 2. The third-order valence-electron chi connectivity index (χ3n) is 7.77. The first-order valence-corrected chi connectivity index (χ1v) is 16.2. The number of amides is 2. The van der Waals surface area contributed by atoms with Gasteiger partial charge in [0, 0.05) is 18.5 Å². The number of hydrogen-bond acceptors (Lipinski definition) is 7. The third kappa shape index (κ3) is 7.81. The molecule has 2 amide bonds. The average Bonchev–Trinajstić information content (AvgIpc) is 3.06. The number of carbonyl (C=O) groups excluding carboxylic acids is 2. The Bertz CT molecular complexity index is 1710. The van der Waals surface area contributed by atoms with Crippen LogP contribution in [0.15, 0.2) is 108 Å². The van der Waals surface area contributed by atoms with Crippen LogP contribution in [0.1, 0.15) is 28.8 Å². The minimum absolute atomic E-state index is 0.0816. The number of phenols is 2. The number of nitrogens with zero attached hydrogens (tertiary/aromatic N) is 1. The summed E-state index contributed by atoms with van der Waals surface area (Å²) in [4.78, 5) is 26.6. The van der Waals surface area contributed by atoms with Gasteiger partial charge in [0.25, 0.3) is 15.9 Å². The highest BCUT2D eigenvalue weighted by Gasteiger charge is 2.29. The number of para-hydroxylation sites is 3. The largest absolute Gasteiger partial charge is 0.508 e. The van der Waals surface area contributed by atoms with Crippen molar-refractivity contribution in [3.8, 4) is 11.5 Å². The van der Waals surface area contributed by atoms with Crippen LogP contribution >= 0.6 is 0 Å². The Hall–Kier alpha value is -4.87. The summed E-state index contributed by atoms with van der Waals surface area (Å²) in [7, 11) is -4.22. The van der Waals surface area contributed by atoms with E-state index in [0.29, 0.717) is 18.2 Å². The predicted octanol–water partition coefficient (Wildman–Crippen LogP) is 4.08. The van der Waals surface area contributed by atoms with Gasteiger partial charge in [-0.3, -0.25) is 9.59 Å². The third-order valence-corrected chi connectivity index (χ3v) is 9.52. The van der Waals surface area contributed by atoms with Gasteiger partial charge in [-0.05, 0) is 98.1 Å². The molecule has 4 aromatic carbocycles. The number of piperidine rings is 1. The van der Waals surface area contributed by atoms with E-state index in [4.69, 9.17) is 0 Å². The number of benzene rings is 4. The van der Waals surface area contributed by atoms with Crippen LogP contribution < -0.4 is 20.3 Å². The van der Waals surface area contributed by atoms with Crippen LogP contribution in [0.4, 0.5) is 11.4 Å². The quantitative estimate of drug-likeness (QED) is 0.168. The van der Waals surface area contributed by atoms with Crippen molar-refractivity contribution >= 4 is 33.2 Å². The fourth-order valence-electron chi connectivity index (χ4n) is 5.26. The van der Waals surface area contributed by atoms with Gasteiger partial charge in [0.15, 0.2) is 0 Å². The Morgan fingerprint density at radius 3 is 2.16 bits per heavy atom. The number of sulfonamides is 1.